The molecule has 1 aliphatic rings. The highest BCUT2D eigenvalue weighted by Gasteiger charge is 2.25. The standard InChI is InChI=1S/C22H24N2O/c1-23-16-20(19-9-5-6-10-21(19)23)22(25)24-13-11-18(12-14-24)15-17-7-3-2-4-8-17/h2-10,16,18H,11-15H2,1H3. The number of fused-ring (bicyclic) bond motifs is 1. The van der Waals surface area contributed by atoms with E-state index in [2.05, 4.69) is 36.4 Å². The van der Waals surface area contributed by atoms with Gasteiger partial charge in [-0.05, 0) is 36.8 Å². The van der Waals surface area contributed by atoms with Crippen molar-refractivity contribution >= 4 is 16.8 Å². The number of hydrogen-bond donors (Lipinski definition) is 0. The average Bonchev–Trinajstić information content (AvgIpc) is 3.00. The fourth-order valence-corrected chi connectivity index (χ4v) is 3.97. The Morgan fingerprint density at radius 1 is 1.00 bits per heavy atom. The van der Waals surface area contributed by atoms with Gasteiger partial charge in [-0.25, -0.2) is 0 Å². The molecule has 128 valence electrons. The van der Waals surface area contributed by atoms with Crippen molar-refractivity contribution in [2.45, 2.75) is 19.3 Å². The molecule has 0 atom stereocenters. The third-order valence-electron chi connectivity index (χ3n) is 5.40. The molecule has 0 N–H and O–H groups in total. The van der Waals surface area contributed by atoms with Gasteiger partial charge in [-0.1, -0.05) is 48.5 Å². The Bertz CT molecular complexity index is 873. The number of rotatable bonds is 3. The van der Waals surface area contributed by atoms with Gasteiger partial charge in [0, 0.05) is 37.2 Å². The number of likely N-dealkylation sites (tertiary alicyclic amines) is 1. The van der Waals surface area contributed by atoms with E-state index in [4.69, 9.17) is 0 Å². The maximum Gasteiger partial charge on any atom is 0.256 e. The number of hydrogen-bond acceptors (Lipinski definition) is 1. The van der Waals surface area contributed by atoms with Crippen LogP contribution in [0.15, 0.2) is 60.8 Å². The van der Waals surface area contributed by atoms with Gasteiger partial charge in [0.05, 0.1) is 5.56 Å². The molecule has 1 fully saturated rings. The van der Waals surface area contributed by atoms with Crippen LogP contribution in [-0.2, 0) is 13.5 Å². The number of carbonyl (C=O) groups excluding carboxylic acids is 1. The zero-order chi connectivity index (χ0) is 17.2. The van der Waals surface area contributed by atoms with Crippen LogP contribution in [0.25, 0.3) is 10.9 Å². The van der Waals surface area contributed by atoms with Crippen molar-refractivity contribution in [2.75, 3.05) is 13.1 Å². The van der Waals surface area contributed by atoms with Crippen LogP contribution in [0.4, 0.5) is 0 Å². The summed E-state index contributed by atoms with van der Waals surface area (Å²) in [4.78, 5) is 15.0. The zero-order valence-corrected chi connectivity index (χ0v) is 14.7. The lowest BCUT2D eigenvalue weighted by Crippen LogP contribution is -2.38. The van der Waals surface area contributed by atoms with Gasteiger partial charge in [0.25, 0.3) is 5.91 Å². The van der Waals surface area contributed by atoms with Crippen LogP contribution in [0.2, 0.25) is 0 Å². The molecule has 0 saturated carbocycles. The summed E-state index contributed by atoms with van der Waals surface area (Å²) in [6, 6.07) is 18.8. The van der Waals surface area contributed by atoms with Crippen molar-refractivity contribution in [3.8, 4) is 0 Å². The molecular weight excluding hydrogens is 308 g/mol. The lowest BCUT2D eigenvalue weighted by molar-refractivity contribution is 0.0692. The van der Waals surface area contributed by atoms with Crippen LogP contribution >= 0.6 is 0 Å². The van der Waals surface area contributed by atoms with Crippen molar-refractivity contribution in [2.24, 2.45) is 13.0 Å². The minimum atomic E-state index is 0.176. The molecular formula is C22H24N2O. The Kier molecular flexibility index (Phi) is 4.31. The molecule has 4 rings (SSSR count). The molecule has 1 aromatic heterocycles. The third-order valence-corrected chi connectivity index (χ3v) is 5.40. The smallest absolute Gasteiger partial charge is 0.256 e. The van der Waals surface area contributed by atoms with Crippen molar-refractivity contribution in [1.82, 2.24) is 9.47 Å². The maximum absolute atomic E-state index is 13.0. The number of benzene rings is 2. The van der Waals surface area contributed by atoms with E-state index < -0.39 is 0 Å². The molecule has 0 spiro atoms. The van der Waals surface area contributed by atoms with Crippen molar-refractivity contribution in [1.29, 1.82) is 0 Å². The maximum atomic E-state index is 13.0. The van der Waals surface area contributed by atoms with Gasteiger partial charge in [-0.15, -0.1) is 0 Å². The largest absolute Gasteiger partial charge is 0.350 e. The van der Waals surface area contributed by atoms with Crippen LogP contribution in [0.5, 0.6) is 0 Å². The minimum absolute atomic E-state index is 0.176. The lowest BCUT2D eigenvalue weighted by atomic mass is 9.90. The fraction of sp³-hybridized carbons (Fsp3) is 0.318. The lowest BCUT2D eigenvalue weighted by Gasteiger charge is -2.32. The predicted octanol–water partition coefficient (Wildman–Crippen LogP) is 4.27. The minimum Gasteiger partial charge on any atom is -0.350 e. The van der Waals surface area contributed by atoms with Gasteiger partial charge >= 0.3 is 0 Å². The van der Waals surface area contributed by atoms with Gasteiger partial charge < -0.3 is 9.47 Å². The topological polar surface area (TPSA) is 25.2 Å². The van der Waals surface area contributed by atoms with Crippen LogP contribution in [0, 0.1) is 5.92 Å². The van der Waals surface area contributed by atoms with Gasteiger partial charge in [0.1, 0.15) is 0 Å². The molecule has 1 amide bonds. The molecule has 25 heavy (non-hydrogen) atoms. The number of aromatic nitrogens is 1. The highest BCUT2D eigenvalue weighted by Crippen LogP contribution is 2.26. The Hall–Kier alpha value is -2.55. The van der Waals surface area contributed by atoms with E-state index >= 15 is 0 Å². The highest BCUT2D eigenvalue weighted by molar-refractivity contribution is 6.07. The van der Waals surface area contributed by atoms with Crippen molar-refractivity contribution < 1.29 is 4.79 Å². The molecule has 2 aromatic carbocycles. The quantitative estimate of drug-likeness (QED) is 0.703. The van der Waals surface area contributed by atoms with Crippen molar-refractivity contribution in [3.05, 3.63) is 71.9 Å². The first-order valence-electron chi connectivity index (χ1n) is 9.09. The van der Waals surface area contributed by atoms with E-state index in [1.165, 1.54) is 5.56 Å². The molecule has 0 radical (unpaired) electrons. The summed E-state index contributed by atoms with van der Waals surface area (Å²) in [5.74, 6) is 0.855. The number of amides is 1. The Morgan fingerprint density at radius 3 is 2.44 bits per heavy atom. The summed E-state index contributed by atoms with van der Waals surface area (Å²) in [6.45, 7) is 1.72. The molecule has 3 heteroatoms. The molecule has 1 aliphatic heterocycles. The summed E-state index contributed by atoms with van der Waals surface area (Å²) in [7, 11) is 2.01. The van der Waals surface area contributed by atoms with E-state index in [0.29, 0.717) is 5.92 Å². The van der Waals surface area contributed by atoms with E-state index in [9.17, 15) is 4.79 Å². The number of aryl methyl sites for hydroxylation is 1. The van der Waals surface area contributed by atoms with Gasteiger partial charge in [0.15, 0.2) is 0 Å². The molecule has 2 heterocycles. The second-order valence-corrected chi connectivity index (χ2v) is 7.10. The molecule has 0 aliphatic carbocycles. The molecule has 1 saturated heterocycles. The Balaban J connectivity index is 1.44. The summed E-state index contributed by atoms with van der Waals surface area (Å²) < 4.78 is 2.05. The highest BCUT2D eigenvalue weighted by atomic mass is 16.2. The monoisotopic (exact) mass is 332 g/mol. The normalized spacial score (nSPS) is 15.6. The van der Waals surface area contributed by atoms with E-state index in [-0.39, 0.29) is 5.91 Å². The molecule has 0 unspecified atom stereocenters. The zero-order valence-electron chi connectivity index (χ0n) is 14.7. The first-order chi connectivity index (χ1) is 12.2. The second kappa shape index (κ2) is 6.75. The van der Waals surface area contributed by atoms with E-state index in [0.717, 1.165) is 48.8 Å². The van der Waals surface area contributed by atoms with Gasteiger partial charge in [0.2, 0.25) is 0 Å². The van der Waals surface area contributed by atoms with Gasteiger partial charge in [-0.2, -0.15) is 0 Å². The van der Waals surface area contributed by atoms with E-state index in [1.807, 2.05) is 40.9 Å². The first-order valence-corrected chi connectivity index (χ1v) is 9.09. The van der Waals surface area contributed by atoms with Crippen LogP contribution < -0.4 is 0 Å². The summed E-state index contributed by atoms with van der Waals surface area (Å²) in [6.07, 6.45) is 5.27. The second-order valence-electron chi connectivity index (χ2n) is 7.10. The average molecular weight is 332 g/mol. The number of carbonyl (C=O) groups is 1. The van der Waals surface area contributed by atoms with E-state index in [1.54, 1.807) is 0 Å². The number of nitrogens with zero attached hydrogens (tertiary/aromatic N) is 2. The third kappa shape index (κ3) is 3.19. The molecule has 3 aromatic rings. The Labute approximate surface area is 148 Å². The first kappa shape index (κ1) is 15.9. The summed E-state index contributed by atoms with van der Waals surface area (Å²) in [5.41, 5.74) is 3.35. The van der Waals surface area contributed by atoms with Gasteiger partial charge in [-0.3, -0.25) is 4.79 Å². The summed E-state index contributed by atoms with van der Waals surface area (Å²) >= 11 is 0. The van der Waals surface area contributed by atoms with Crippen LogP contribution in [0.3, 0.4) is 0 Å². The van der Waals surface area contributed by atoms with Crippen molar-refractivity contribution in [3.63, 3.8) is 0 Å². The van der Waals surface area contributed by atoms with Crippen LogP contribution in [0.1, 0.15) is 28.8 Å². The molecule has 0 bridgehead atoms. The number of piperidine rings is 1. The predicted molar refractivity (Wildman–Crippen MR) is 102 cm³/mol. The van der Waals surface area contributed by atoms with Crippen LogP contribution in [-0.4, -0.2) is 28.5 Å². The Morgan fingerprint density at radius 2 is 1.68 bits per heavy atom. The molecule has 3 nitrogen and oxygen atoms in total. The SMILES string of the molecule is Cn1cc(C(=O)N2CCC(Cc3ccccc3)CC2)c2ccccc21. The summed E-state index contributed by atoms with van der Waals surface area (Å²) in [5, 5.41) is 1.06. The number of para-hydroxylation sites is 1. The fourth-order valence-electron chi connectivity index (χ4n) is 3.97.